The highest BCUT2D eigenvalue weighted by atomic mass is 16.1. The van der Waals surface area contributed by atoms with E-state index < -0.39 is 0 Å². The van der Waals surface area contributed by atoms with E-state index in [0.29, 0.717) is 22.3 Å². The Morgan fingerprint density at radius 3 is 0.667 bits per heavy atom. The molecule has 0 aromatic heterocycles. The number of rotatable bonds is 4. The number of carbonyl (C=O) groups excluding carboxylic acids is 2. The molecule has 0 saturated carbocycles. The highest BCUT2D eigenvalue weighted by Crippen LogP contribution is 2.26. The molecule has 0 unspecified atom stereocenters. The van der Waals surface area contributed by atoms with E-state index in [9.17, 15) is 9.59 Å². The van der Waals surface area contributed by atoms with Crippen LogP contribution in [0.3, 0.4) is 0 Å². The first-order chi connectivity index (χ1) is 20.7. The SMILES string of the molecule is O=C1c2ccccc2C(=O)c2ccccc21.c1ccc(Nc2ccccc2)cc1.c1ccc(Nc2ccccc2)cc1. The van der Waals surface area contributed by atoms with Crippen LogP contribution in [0.25, 0.3) is 0 Å². The van der Waals surface area contributed by atoms with E-state index in [1.165, 1.54) is 0 Å². The summed E-state index contributed by atoms with van der Waals surface area (Å²) in [5.74, 6) is -0.128. The summed E-state index contributed by atoms with van der Waals surface area (Å²) < 4.78 is 0. The molecule has 42 heavy (non-hydrogen) atoms. The first kappa shape index (κ1) is 27.8. The van der Waals surface area contributed by atoms with Crippen molar-refractivity contribution in [2.45, 2.75) is 0 Å². The van der Waals surface area contributed by atoms with Gasteiger partial charge in [0.25, 0.3) is 0 Å². The first-order valence-corrected chi connectivity index (χ1v) is 13.7. The number of benzene rings is 6. The van der Waals surface area contributed by atoms with Crippen LogP contribution in [-0.2, 0) is 0 Å². The molecule has 0 radical (unpaired) electrons. The van der Waals surface area contributed by atoms with Gasteiger partial charge in [0, 0.05) is 45.0 Å². The maximum absolute atomic E-state index is 12.1. The number of carbonyl (C=O) groups is 2. The molecular weight excluding hydrogens is 516 g/mol. The van der Waals surface area contributed by atoms with Gasteiger partial charge >= 0.3 is 0 Å². The molecule has 0 atom stereocenters. The van der Waals surface area contributed by atoms with Crippen LogP contribution in [-0.4, -0.2) is 11.6 Å². The van der Waals surface area contributed by atoms with Crippen LogP contribution in [0.2, 0.25) is 0 Å². The molecule has 0 bridgehead atoms. The van der Waals surface area contributed by atoms with Gasteiger partial charge in [0.2, 0.25) is 0 Å². The fourth-order valence-electron chi connectivity index (χ4n) is 4.47. The summed E-state index contributed by atoms with van der Waals surface area (Å²) in [5, 5.41) is 6.61. The van der Waals surface area contributed by atoms with E-state index in [1.54, 1.807) is 48.5 Å². The predicted octanol–water partition coefficient (Wildman–Crippen LogP) is 9.32. The lowest BCUT2D eigenvalue weighted by atomic mass is 9.84. The number of hydrogen-bond donors (Lipinski definition) is 2. The highest BCUT2D eigenvalue weighted by Gasteiger charge is 2.28. The molecular formula is C38H30N2O2. The molecule has 1 aliphatic rings. The molecule has 4 nitrogen and oxygen atoms in total. The van der Waals surface area contributed by atoms with Crippen molar-refractivity contribution in [2.24, 2.45) is 0 Å². The van der Waals surface area contributed by atoms with Crippen molar-refractivity contribution >= 4 is 34.3 Å². The Morgan fingerprint density at radius 2 is 0.452 bits per heavy atom. The monoisotopic (exact) mass is 546 g/mol. The van der Waals surface area contributed by atoms with E-state index in [2.05, 4.69) is 10.6 Å². The van der Waals surface area contributed by atoms with Gasteiger partial charge in [-0.25, -0.2) is 0 Å². The van der Waals surface area contributed by atoms with Crippen molar-refractivity contribution in [3.8, 4) is 0 Å². The minimum atomic E-state index is -0.0641. The average molecular weight is 547 g/mol. The highest BCUT2D eigenvalue weighted by molar-refractivity contribution is 6.28. The molecule has 0 heterocycles. The fraction of sp³-hybridized carbons (Fsp3) is 0. The number of fused-ring (bicyclic) bond motifs is 2. The molecule has 1 aliphatic carbocycles. The summed E-state index contributed by atoms with van der Waals surface area (Å²) in [4.78, 5) is 24.2. The van der Waals surface area contributed by atoms with Crippen molar-refractivity contribution in [3.05, 3.63) is 192 Å². The quantitative estimate of drug-likeness (QED) is 0.231. The van der Waals surface area contributed by atoms with Gasteiger partial charge in [0.15, 0.2) is 11.6 Å². The third kappa shape index (κ3) is 7.26. The maximum Gasteiger partial charge on any atom is 0.194 e. The van der Waals surface area contributed by atoms with Gasteiger partial charge in [-0.3, -0.25) is 9.59 Å². The van der Waals surface area contributed by atoms with Gasteiger partial charge in [-0.1, -0.05) is 121 Å². The van der Waals surface area contributed by atoms with Crippen LogP contribution < -0.4 is 10.6 Å². The normalized spacial score (nSPS) is 11.0. The van der Waals surface area contributed by atoms with Gasteiger partial charge in [-0.05, 0) is 48.5 Å². The number of anilines is 4. The van der Waals surface area contributed by atoms with Crippen LogP contribution >= 0.6 is 0 Å². The standard InChI is InChI=1S/C14H8O2.2C12H11N/c15-13-9-5-1-2-6-10(9)14(16)12-8-4-3-7-11(12)13;2*1-3-7-11(8-4-1)13-12-9-5-2-6-10-12/h1-8H;2*1-10,13H. The second-order valence-electron chi connectivity index (χ2n) is 9.46. The molecule has 0 amide bonds. The molecule has 0 aliphatic heterocycles. The summed E-state index contributed by atoms with van der Waals surface area (Å²) >= 11 is 0. The molecule has 6 aromatic carbocycles. The number of hydrogen-bond acceptors (Lipinski definition) is 4. The molecule has 2 N–H and O–H groups in total. The number of nitrogens with one attached hydrogen (secondary N) is 2. The molecule has 204 valence electrons. The zero-order valence-corrected chi connectivity index (χ0v) is 23.0. The lowest BCUT2D eigenvalue weighted by Gasteiger charge is -2.16. The van der Waals surface area contributed by atoms with E-state index >= 15 is 0 Å². The minimum Gasteiger partial charge on any atom is -0.356 e. The first-order valence-electron chi connectivity index (χ1n) is 13.7. The second kappa shape index (κ2) is 14.1. The number of ketones is 2. The molecule has 0 fully saturated rings. The van der Waals surface area contributed by atoms with Crippen molar-refractivity contribution in [1.82, 2.24) is 0 Å². The van der Waals surface area contributed by atoms with Crippen molar-refractivity contribution < 1.29 is 9.59 Å². The van der Waals surface area contributed by atoms with E-state index in [1.807, 2.05) is 121 Å². The Labute approximate surface area is 246 Å². The van der Waals surface area contributed by atoms with E-state index in [-0.39, 0.29) is 11.6 Å². The predicted molar refractivity (Wildman–Crippen MR) is 172 cm³/mol. The Kier molecular flexibility index (Phi) is 9.31. The topological polar surface area (TPSA) is 58.2 Å². The van der Waals surface area contributed by atoms with E-state index in [0.717, 1.165) is 22.7 Å². The van der Waals surface area contributed by atoms with Crippen LogP contribution in [0, 0.1) is 0 Å². The van der Waals surface area contributed by atoms with Gasteiger partial charge in [0.05, 0.1) is 0 Å². The summed E-state index contributed by atoms with van der Waals surface area (Å²) in [6.07, 6.45) is 0. The second-order valence-corrected chi connectivity index (χ2v) is 9.46. The third-order valence-electron chi connectivity index (χ3n) is 6.51. The zero-order chi connectivity index (χ0) is 29.0. The van der Waals surface area contributed by atoms with Gasteiger partial charge in [-0.15, -0.1) is 0 Å². The Bertz CT molecular complexity index is 1480. The summed E-state index contributed by atoms with van der Waals surface area (Å²) in [7, 11) is 0. The lowest BCUT2D eigenvalue weighted by Crippen LogP contribution is -2.20. The van der Waals surface area contributed by atoms with Crippen LogP contribution in [0.15, 0.2) is 170 Å². The fourth-order valence-corrected chi connectivity index (χ4v) is 4.47. The van der Waals surface area contributed by atoms with Crippen molar-refractivity contribution in [2.75, 3.05) is 10.6 Å². The van der Waals surface area contributed by atoms with Crippen LogP contribution in [0.4, 0.5) is 22.7 Å². The average Bonchev–Trinajstić information content (AvgIpc) is 3.06. The smallest absolute Gasteiger partial charge is 0.194 e. The Balaban J connectivity index is 0.000000127. The van der Waals surface area contributed by atoms with E-state index in [4.69, 9.17) is 0 Å². The molecule has 0 saturated heterocycles. The Hall–Kier alpha value is -5.74. The summed E-state index contributed by atoms with van der Waals surface area (Å²) in [5.41, 5.74) is 6.50. The zero-order valence-electron chi connectivity index (χ0n) is 23.0. The lowest BCUT2D eigenvalue weighted by molar-refractivity contribution is 0.0979. The number of para-hydroxylation sites is 4. The largest absolute Gasteiger partial charge is 0.356 e. The minimum absolute atomic E-state index is 0.0641. The Morgan fingerprint density at radius 1 is 0.262 bits per heavy atom. The van der Waals surface area contributed by atoms with Crippen molar-refractivity contribution in [3.63, 3.8) is 0 Å². The molecule has 4 heteroatoms. The van der Waals surface area contributed by atoms with Gasteiger partial charge < -0.3 is 10.6 Å². The summed E-state index contributed by atoms with van der Waals surface area (Å²) in [6, 6.07) is 54.5. The molecule has 0 spiro atoms. The van der Waals surface area contributed by atoms with Gasteiger partial charge in [0.1, 0.15) is 0 Å². The van der Waals surface area contributed by atoms with Crippen molar-refractivity contribution in [1.29, 1.82) is 0 Å². The molecule has 6 aromatic rings. The third-order valence-corrected chi connectivity index (χ3v) is 6.51. The maximum atomic E-state index is 12.1. The summed E-state index contributed by atoms with van der Waals surface area (Å²) in [6.45, 7) is 0. The van der Waals surface area contributed by atoms with Gasteiger partial charge in [-0.2, -0.15) is 0 Å². The van der Waals surface area contributed by atoms with Crippen LogP contribution in [0.5, 0.6) is 0 Å². The molecule has 7 rings (SSSR count). The van der Waals surface area contributed by atoms with Crippen LogP contribution in [0.1, 0.15) is 31.8 Å².